The Kier molecular flexibility index (Phi) is 11.0. The van der Waals surface area contributed by atoms with Crippen LogP contribution in [0, 0.1) is 0 Å². The zero-order valence-electron chi connectivity index (χ0n) is 13.2. The van der Waals surface area contributed by atoms with Crippen LogP contribution in [-0.2, 0) is 10.1 Å². The maximum absolute atomic E-state index is 9.79. The number of benzene rings is 2. The van der Waals surface area contributed by atoms with Crippen LogP contribution in [0.4, 0.5) is 11.4 Å². The van der Waals surface area contributed by atoms with Gasteiger partial charge in [-0.1, -0.05) is 49.9 Å². The normalized spacial score (nSPS) is 9.48. The van der Waals surface area contributed by atoms with Crippen LogP contribution < -0.4 is 11.1 Å². The number of hydrogen-bond acceptors (Lipinski definition) is 4. The van der Waals surface area contributed by atoms with Gasteiger partial charge in [-0.25, -0.2) is 0 Å². The highest BCUT2D eigenvalue weighted by Gasteiger charge is 1.98. The summed E-state index contributed by atoms with van der Waals surface area (Å²) in [5, 5.41) is 2.97. The van der Waals surface area contributed by atoms with E-state index in [9.17, 15) is 8.42 Å². The molecule has 0 aliphatic carbocycles. The van der Waals surface area contributed by atoms with Gasteiger partial charge in [0.05, 0.1) is 5.75 Å². The molecule has 0 heterocycles. The minimum absolute atomic E-state index is 0.132. The van der Waals surface area contributed by atoms with Crippen LogP contribution in [0.25, 0.3) is 0 Å². The van der Waals surface area contributed by atoms with Gasteiger partial charge in [0.15, 0.2) is 0 Å². The molecule has 23 heavy (non-hydrogen) atoms. The molecule has 2 rings (SSSR count). The molecule has 0 fully saturated rings. The first-order valence-electron chi connectivity index (χ1n) is 7.07. The third-order valence-corrected chi connectivity index (χ3v) is 3.23. The van der Waals surface area contributed by atoms with Crippen LogP contribution in [0.1, 0.15) is 13.3 Å². The molecule has 0 aromatic heterocycles. The lowest BCUT2D eigenvalue weighted by molar-refractivity contribution is 0.482. The molecular formula is C17H24N2O3S. The van der Waals surface area contributed by atoms with Crippen LogP contribution in [0.5, 0.6) is 0 Å². The van der Waals surface area contributed by atoms with E-state index < -0.39 is 10.1 Å². The molecule has 0 amide bonds. The summed E-state index contributed by atoms with van der Waals surface area (Å²) in [6.07, 6.45) is 2.13. The smallest absolute Gasteiger partial charge is 0.264 e. The van der Waals surface area contributed by atoms with Gasteiger partial charge in [-0.05, 0) is 36.9 Å². The van der Waals surface area contributed by atoms with Crippen LogP contribution >= 0.6 is 0 Å². The zero-order chi connectivity index (χ0) is 17.6. The standard InChI is InChI=1S/C8H9N.C6H7N.C3H8O3S/c1-2-9-8-6-4-3-5-7-8;7-6-4-2-1-3-5-6;1-2-3-7(4,5)6/h2-7,9H,1H2;1-5H,7H2;2-3H2,1H3,(H,4,5,6). The predicted molar refractivity (Wildman–Crippen MR) is 97.8 cm³/mol. The number of nitrogens with two attached hydrogens (primary N) is 1. The summed E-state index contributed by atoms with van der Waals surface area (Å²) in [5.41, 5.74) is 7.26. The Morgan fingerprint density at radius 3 is 1.83 bits per heavy atom. The maximum Gasteiger partial charge on any atom is 0.264 e. The second kappa shape index (κ2) is 12.3. The Hall–Kier alpha value is -2.31. The number of nitrogen functional groups attached to an aromatic ring is 1. The second-order valence-corrected chi connectivity index (χ2v) is 5.98. The molecule has 0 aliphatic rings. The van der Waals surface area contributed by atoms with Crippen molar-refractivity contribution in [3.8, 4) is 0 Å². The minimum atomic E-state index is -3.67. The first-order chi connectivity index (χ1) is 10.9. The molecular weight excluding hydrogens is 312 g/mol. The molecule has 4 N–H and O–H groups in total. The molecule has 2 aromatic rings. The number of rotatable bonds is 4. The summed E-state index contributed by atoms with van der Waals surface area (Å²) < 4.78 is 27.6. The molecule has 0 radical (unpaired) electrons. The van der Waals surface area contributed by atoms with Gasteiger partial charge in [0.25, 0.3) is 10.1 Å². The summed E-state index contributed by atoms with van der Waals surface area (Å²) in [6.45, 7) is 5.23. The van der Waals surface area contributed by atoms with E-state index in [1.807, 2.05) is 60.7 Å². The molecule has 0 aliphatic heterocycles. The number of hydrogen-bond donors (Lipinski definition) is 3. The predicted octanol–water partition coefficient (Wildman–Crippen LogP) is 3.80. The number of nitrogens with one attached hydrogen (secondary N) is 1. The minimum Gasteiger partial charge on any atom is -0.399 e. The molecule has 2 aromatic carbocycles. The zero-order valence-corrected chi connectivity index (χ0v) is 14.0. The Labute approximate surface area is 138 Å². The van der Waals surface area contributed by atoms with E-state index in [2.05, 4.69) is 11.9 Å². The van der Waals surface area contributed by atoms with Gasteiger partial charge >= 0.3 is 0 Å². The van der Waals surface area contributed by atoms with E-state index in [1.54, 1.807) is 13.1 Å². The lowest BCUT2D eigenvalue weighted by Crippen LogP contribution is -2.01. The maximum atomic E-state index is 9.79. The molecule has 0 saturated carbocycles. The van der Waals surface area contributed by atoms with Crippen molar-refractivity contribution in [2.45, 2.75) is 13.3 Å². The highest BCUT2D eigenvalue weighted by Crippen LogP contribution is 2.03. The molecule has 0 saturated heterocycles. The van der Waals surface area contributed by atoms with E-state index in [1.165, 1.54) is 0 Å². The third-order valence-electron chi connectivity index (χ3n) is 2.30. The molecule has 5 nitrogen and oxygen atoms in total. The molecule has 6 heteroatoms. The van der Waals surface area contributed by atoms with Gasteiger partial charge in [-0.3, -0.25) is 4.55 Å². The van der Waals surface area contributed by atoms with E-state index in [0.29, 0.717) is 6.42 Å². The van der Waals surface area contributed by atoms with Gasteiger partial charge in [0.1, 0.15) is 0 Å². The van der Waals surface area contributed by atoms with Crippen molar-refractivity contribution in [2.24, 2.45) is 0 Å². The number of anilines is 2. The van der Waals surface area contributed by atoms with Gasteiger partial charge in [-0.15, -0.1) is 0 Å². The summed E-state index contributed by atoms with van der Waals surface area (Å²) in [4.78, 5) is 0. The fourth-order valence-electron chi connectivity index (χ4n) is 1.36. The van der Waals surface area contributed by atoms with Crippen molar-refractivity contribution >= 4 is 21.5 Å². The Balaban J connectivity index is 0.000000320. The van der Waals surface area contributed by atoms with Crippen molar-refractivity contribution in [3.05, 3.63) is 73.4 Å². The van der Waals surface area contributed by atoms with Crippen molar-refractivity contribution in [3.63, 3.8) is 0 Å². The monoisotopic (exact) mass is 336 g/mol. The third kappa shape index (κ3) is 14.4. The molecule has 126 valence electrons. The lowest BCUT2D eigenvalue weighted by atomic mass is 10.3. The molecule has 0 spiro atoms. The first-order valence-corrected chi connectivity index (χ1v) is 8.68. The fourth-order valence-corrected chi connectivity index (χ4v) is 1.88. The molecule has 0 atom stereocenters. The first kappa shape index (κ1) is 20.7. The lowest BCUT2D eigenvalue weighted by Gasteiger charge is -1.95. The summed E-state index contributed by atoms with van der Waals surface area (Å²) in [6, 6.07) is 19.4. The Bertz CT molecular complexity index is 629. The fraction of sp³-hybridized carbons (Fsp3) is 0.176. The average Bonchev–Trinajstić information content (AvgIpc) is 2.49. The Morgan fingerprint density at radius 2 is 1.57 bits per heavy atom. The van der Waals surface area contributed by atoms with Crippen molar-refractivity contribution < 1.29 is 13.0 Å². The van der Waals surface area contributed by atoms with Crippen molar-refractivity contribution in [1.29, 1.82) is 0 Å². The molecule has 0 unspecified atom stereocenters. The van der Waals surface area contributed by atoms with Crippen molar-refractivity contribution in [1.82, 2.24) is 0 Å². The van der Waals surface area contributed by atoms with E-state index in [-0.39, 0.29) is 5.75 Å². The van der Waals surface area contributed by atoms with Crippen molar-refractivity contribution in [2.75, 3.05) is 16.8 Å². The second-order valence-electron chi connectivity index (χ2n) is 4.41. The van der Waals surface area contributed by atoms with Gasteiger partial charge in [0.2, 0.25) is 0 Å². The summed E-state index contributed by atoms with van der Waals surface area (Å²) >= 11 is 0. The van der Waals surface area contributed by atoms with Crippen LogP contribution in [0.3, 0.4) is 0 Å². The van der Waals surface area contributed by atoms with Gasteiger partial charge in [-0.2, -0.15) is 8.42 Å². The quantitative estimate of drug-likeness (QED) is 0.583. The number of para-hydroxylation sites is 2. The SMILES string of the molecule is C=CNc1ccccc1.CCCS(=O)(=O)O.Nc1ccccc1. The topological polar surface area (TPSA) is 92.4 Å². The van der Waals surface area contributed by atoms with Crippen LogP contribution in [0.2, 0.25) is 0 Å². The van der Waals surface area contributed by atoms with E-state index in [0.717, 1.165) is 11.4 Å². The van der Waals surface area contributed by atoms with Gasteiger partial charge < -0.3 is 11.1 Å². The van der Waals surface area contributed by atoms with Gasteiger partial charge in [0, 0.05) is 11.4 Å². The highest BCUT2D eigenvalue weighted by atomic mass is 32.2. The summed E-state index contributed by atoms with van der Waals surface area (Å²) in [7, 11) is -3.67. The van der Waals surface area contributed by atoms with Crippen LogP contribution in [-0.4, -0.2) is 18.7 Å². The van der Waals surface area contributed by atoms with Crippen LogP contribution in [0.15, 0.2) is 73.4 Å². The van der Waals surface area contributed by atoms with E-state index >= 15 is 0 Å². The summed E-state index contributed by atoms with van der Waals surface area (Å²) in [5.74, 6) is -0.132. The largest absolute Gasteiger partial charge is 0.399 e. The average molecular weight is 336 g/mol. The highest BCUT2D eigenvalue weighted by molar-refractivity contribution is 7.85. The molecule has 0 bridgehead atoms. The van der Waals surface area contributed by atoms with E-state index in [4.69, 9.17) is 10.3 Å². The Morgan fingerprint density at radius 1 is 1.09 bits per heavy atom.